The Morgan fingerprint density at radius 3 is 2.67 bits per heavy atom. The monoisotopic (exact) mass is 389 g/mol. The molecule has 2 atom stereocenters. The summed E-state index contributed by atoms with van der Waals surface area (Å²) in [5.74, 6) is -3.00. The van der Waals surface area contributed by atoms with Gasteiger partial charge in [-0.25, -0.2) is 4.79 Å². The zero-order valence-corrected chi connectivity index (χ0v) is 15.5. The van der Waals surface area contributed by atoms with Crippen molar-refractivity contribution < 1.29 is 28.6 Å². The van der Waals surface area contributed by atoms with E-state index in [0.29, 0.717) is 29.2 Å². The maximum atomic E-state index is 12.7. The van der Waals surface area contributed by atoms with Crippen LogP contribution in [-0.4, -0.2) is 29.6 Å². The maximum Gasteiger partial charge on any atom is 0.341 e. The number of carbonyl (C=O) groups excluding carboxylic acids is 2. The average Bonchev–Trinajstić information content (AvgIpc) is 3.31. The van der Waals surface area contributed by atoms with Gasteiger partial charge in [0.15, 0.2) is 0 Å². The lowest BCUT2D eigenvalue weighted by Crippen LogP contribution is -2.34. The number of furan rings is 1. The number of carboxylic acid groups (broad SMARTS) is 1. The van der Waals surface area contributed by atoms with Crippen molar-refractivity contribution in [3.05, 3.63) is 41.5 Å². The van der Waals surface area contributed by atoms with Gasteiger partial charge in [0.25, 0.3) is 0 Å². The summed E-state index contributed by atoms with van der Waals surface area (Å²) < 4.78 is 10.5. The van der Waals surface area contributed by atoms with Crippen molar-refractivity contribution in [2.24, 2.45) is 11.8 Å². The normalized spacial score (nSPS) is 18.9. The van der Waals surface area contributed by atoms with Crippen molar-refractivity contribution in [1.29, 1.82) is 0 Å². The number of nitrogens with one attached hydrogen (secondary N) is 1. The standard InChI is InChI=1S/C19H19NO6S/c1-2-25-19(24)15-13(14-8-5-9-26-14)10-27-17(15)20-16(21)11-6-3-4-7-12(11)18(22)23/h3-5,8-12H,2,6-7H2,1H3,(H,20,21)(H,22,23)/t11-,12-/m0/s1. The molecule has 2 aromatic heterocycles. The zero-order valence-electron chi connectivity index (χ0n) is 14.6. The first-order chi connectivity index (χ1) is 13.0. The Bertz CT molecular complexity index is 867. The van der Waals surface area contributed by atoms with E-state index in [-0.39, 0.29) is 12.2 Å². The van der Waals surface area contributed by atoms with Crippen molar-refractivity contribution in [3.63, 3.8) is 0 Å². The minimum Gasteiger partial charge on any atom is -0.481 e. The van der Waals surface area contributed by atoms with Crippen LogP contribution in [0.4, 0.5) is 5.00 Å². The number of carboxylic acids is 1. The van der Waals surface area contributed by atoms with Crippen LogP contribution in [-0.2, 0) is 14.3 Å². The minimum absolute atomic E-state index is 0.189. The Kier molecular flexibility index (Phi) is 5.75. The van der Waals surface area contributed by atoms with Gasteiger partial charge in [-0.15, -0.1) is 11.3 Å². The molecular weight excluding hydrogens is 370 g/mol. The Labute approximate surface area is 159 Å². The molecule has 1 aliphatic carbocycles. The second kappa shape index (κ2) is 8.22. The number of carbonyl (C=O) groups is 3. The average molecular weight is 389 g/mol. The van der Waals surface area contributed by atoms with Crippen molar-refractivity contribution in [2.45, 2.75) is 19.8 Å². The van der Waals surface area contributed by atoms with E-state index in [1.54, 1.807) is 36.6 Å². The minimum atomic E-state index is -1.01. The molecule has 0 saturated heterocycles. The highest BCUT2D eigenvalue weighted by Crippen LogP contribution is 2.37. The summed E-state index contributed by atoms with van der Waals surface area (Å²) in [6.07, 6.45) is 5.71. The number of hydrogen-bond acceptors (Lipinski definition) is 6. The SMILES string of the molecule is CCOC(=O)c1c(-c2ccco2)csc1NC(=O)[C@H]1CC=CC[C@@H]1C(=O)O. The van der Waals surface area contributed by atoms with Gasteiger partial charge in [0.05, 0.1) is 24.7 Å². The summed E-state index contributed by atoms with van der Waals surface area (Å²) in [6.45, 7) is 1.88. The van der Waals surface area contributed by atoms with Crippen LogP contribution < -0.4 is 5.32 Å². The first-order valence-corrected chi connectivity index (χ1v) is 9.42. The van der Waals surface area contributed by atoms with Gasteiger partial charge in [0.1, 0.15) is 16.3 Å². The molecule has 0 bridgehead atoms. The Morgan fingerprint density at radius 1 is 1.30 bits per heavy atom. The quantitative estimate of drug-likeness (QED) is 0.575. The van der Waals surface area contributed by atoms with Crippen LogP contribution in [0.15, 0.2) is 40.3 Å². The van der Waals surface area contributed by atoms with Crippen LogP contribution in [0.3, 0.4) is 0 Å². The van der Waals surface area contributed by atoms with Gasteiger partial charge in [-0.05, 0) is 31.9 Å². The molecule has 8 heteroatoms. The first-order valence-electron chi connectivity index (χ1n) is 8.54. The molecule has 2 aromatic rings. The first kappa shape index (κ1) is 18.9. The number of amides is 1. The van der Waals surface area contributed by atoms with Crippen molar-refractivity contribution in [3.8, 4) is 11.3 Å². The Hall–Kier alpha value is -2.87. The van der Waals surface area contributed by atoms with Gasteiger partial charge in [-0.1, -0.05) is 12.2 Å². The van der Waals surface area contributed by atoms with E-state index < -0.39 is 29.7 Å². The molecular formula is C19H19NO6S. The Balaban J connectivity index is 1.90. The zero-order chi connectivity index (χ0) is 19.4. The fraction of sp³-hybridized carbons (Fsp3) is 0.316. The molecule has 0 saturated carbocycles. The van der Waals surface area contributed by atoms with E-state index >= 15 is 0 Å². The molecule has 0 fully saturated rings. The van der Waals surface area contributed by atoms with Gasteiger partial charge in [-0.2, -0.15) is 0 Å². The molecule has 1 aliphatic rings. The highest BCUT2D eigenvalue weighted by atomic mass is 32.1. The predicted octanol–water partition coefficient (Wildman–Crippen LogP) is 3.79. The highest BCUT2D eigenvalue weighted by Gasteiger charge is 2.35. The summed E-state index contributed by atoms with van der Waals surface area (Å²) in [6, 6.07) is 3.41. The van der Waals surface area contributed by atoms with Crippen LogP contribution >= 0.6 is 11.3 Å². The third-order valence-electron chi connectivity index (χ3n) is 4.38. The van der Waals surface area contributed by atoms with Gasteiger partial charge in [0.2, 0.25) is 5.91 Å². The van der Waals surface area contributed by atoms with Gasteiger partial charge < -0.3 is 19.6 Å². The van der Waals surface area contributed by atoms with Crippen molar-refractivity contribution in [2.75, 3.05) is 11.9 Å². The van der Waals surface area contributed by atoms with Crippen LogP contribution in [0.1, 0.15) is 30.1 Å². The Morgan fingerprint density at radius 2 is 2.04 bits per heavy atom. The van der Waals surface area contributed by atoms with Crippen molar-refractivity contribution >= 4 is 34.2 Å². The summed E-state index contributed by atoms with van der Waals surface area (Å²) in [4.78, 5) is 36.6. The fourth-order valence-electron chi connectivity index (χ4n) is 3.05. The van der Waals surface area contributed by atoms with Gasteiger partial charge in [-0.3, -0.25) is 9.59 Å². The maximum absolute atomic E-state index is 12.7. The molecule has 1 amide bonds. The number of esters is 1. The third kappa shape index (κ3) is 3.95. The topological polar surface area (TPSA) is 106 Å². The predicted molar refractivity (Wildman–Crippen MR) is 99.6 cm³/mol. The van der Waals surface area contributed by atoms with Crippen LogP contribution in [0, 0.1) is 11.8 Å². The lowest BCUT2D eigenvalue weighted by atomic mass is 9.82. The van der Waals surface area contributed by atoms with E-state index in [2.05, 4.69) is 5.32 Å². The van der Waals surface area contributed by atoms with E-state index in [0.717, 1.165) is 0 Å². The van der Waals surface area contributed by atoms with Crippen LogP contribution in [0.5, 0.6) is 0 Å². The molecule has 3 rings (SSSR count). The van der Waals surface area contributed by atoms with Gasteiger partial charge >= 0.3 is 11.9 Å². The number of thiophene rings is 1. The lowest BCUT2D eigenvalue weighted by Gasteiger charge is -2.24. The molecule has 2 N–H and O–H groups in total. The molecule has 0 aliphatic heterocycles. The number of ether oxygens (including phenoxy) is 1. The molecule has 0 radical (unpaired) electrons. The molecule has 27 heavy (non-hydrogen) atoms. The summed E-state index contributed by atoms with van der Waals surface area (Å²) in [5.41, 5.74) is 0.737. The van der Waals surface area contributed by atoms with E-state index in [1.165, 1.54) is 17.6 Å². The second-order valence-corrected chi connectivity index (χ2v) is 6.91. The molecule has 0 spiro atoms. The molecule has 7 nitrogen and oxygen atoms in total. The number of allylic oxidation sites excluding steroid dienone is 2. The molecule has 142 valence electrons. The second-order valence-electron chi connectivity index (χ2n) is 6.03. The largest absolute Gasteiger partial charge is 0.481 e. The lowest BCUT2D eigenvalue weighted by molar-refractivity contribution is -0.146. The summed E-state index contributed by atoms with van der Waals surface area (Å²) >= 11 is 1.17. The van der Waals surface area contributed by atoms with Gasteiger partial charge in [0, 0.05) is 10.9 Å². The van der Waals surface area contributed by atoms with E-state index in [4.69, 9.17) is 9.15 Å². The summed E-state index contributed by atoms with van der Waals surface area (Å²) in [7, 11) is 0. The smallest absolute Gasteiger partial charge is 0.341 e. The molecule has 0 unspecified atom stereocenters. The van der Waals surface area contributed by atoms with Crippen LogP contribution in [0.25, 0.3) is 11.3 Å². The molecule has 0 aromatic carbocycles. The fourth-order valence-corrected chi connectivity index (χ4v) is 3.99. The number of hydrogen-bond donors (Lipinski definition) is 2. The number of aliphatic carboxylic acids is 1. The molecule has 2 heterocycles. The summed E-state index contributed by atoms with van der Waals surface area (Å²) in [5, 5.41) is 14.1. The van der Waals surface area contributed by atoms with E-state index in [1.807, 2.05) is 0 Å². The van der Waals surface area contributed by atoms with Crippen molar-refractivity contribution in [1.82, 2.24) is 0 Å². The van der Waals surface area contributed by atoms with E-state index in [9.17, 15) is 19.5 Å². The third-order valence-corrected chi connectivity index (χ3v) is 5.28. The number of rotatable bonds is 6. The number of anilines is 1. The highest BCUT2D eigenvalue weighted by molar-refractivity contribution is 7.15. The van der Waals surface area contributed by atoms with Crippen LogP contribution in [0.2, 0.25) is 0 Å².